The largest absolute Gasteiger partial charge is 0.369 e. The lowest BCUT2D eigenvalue weighted by Crippen LogP contribution is -2.42. The third kappa shape index (κ3) is 7.76. The summed E-state index contributed by atoms with van der Waals surface area (Å²) in [6, 6.07) is 13.8. The van der Waals surface area contributed by atoms with E-state index in [4.69, 9.17) is 51.3 Å². The highest BCUT2D eigenvalue weighted by Gasteiger charge is 2.27. The third-order valence-electron chi connectivity index (χ3n) is 7.95. The number of nitrogens with one attached hydrogen (secondary N) is 2. The van der Waals surface area contributed by atoms with Gasteiger partial charge in [0.2, 0.25) is 11.9 Å². The van der Waals surface area contributed by atoms with Crippen molar-refractivity contribution >= 4 is 69.7 Å². The second kappa shape index (κ2) is 13.8. The molecule has 42 heavy (non-hydrogen) atoms. The van der Waals surface area contributed by atoms with Crippen LogP contribution in [0, 0.1) is 11.8 Å². The molecule has 222 valence electrons. The number of halogens is 3. The minimum absolute atomic E-state index is 0.0612. The van der Waals surface area contributed by atoms with Crippen LogP contribution >= 0.6 is 34.8 Å². The van der Waals surface area contributed by atoms with Crippen LogP contribution < -0.4 is 27.0 Å². The summed E-state index contributed by atoms with van der Waals surface area (Å²) in [5.74, 6) is 0.714. The molecule has 1 aromatic heterocycles. The summed E-state index contributed by atoms with van der Waals surface area (Å²) in [6.45, 7) is 1.88. The molecule has 3 aromatic rings. The molecule has 9 nitrogen and oxygen atoms in total. The number of carbonyl (C=O) groups excluding carboxylic acids is 1. The maximum absolute atomic E-state index is 11.7. The number of carbonyl (C=O) groups is 1. The van der Waals surface area contributed by atoms with Crippen molar-refractivity contribution in [2.75, 3.05) is 28.6 Å². The molecule has 0 unspecified atom stereocenters. The van der Waals surface area contributed by atoms with Crippen LogP contribution in [0.4, 0.5) is 23.0 Å². The topological polar surface area (TPSA) is 135 Å². The number of amides is 1. The maximum atomic E-state index is 11.7. The number of rotatable bonds is 8. The summed E-state index contributed by atoms with van der Waals surface area (Å²) in [4.78, 5) is 28.2. The van der Waals surface area contributed by atoms with Crippen molar-refractivity contribution in [3.05, 3.63) is 69.4 Å². The molecule has 2 heterocycles. The zero-order chi connectivity index (χ0) is 29.6. The van der Waals surface area contributed by atoms with E-state index in [1.165, 1.54) is 5.69 Å². The second-order valence-corrected chi connectivity index (χ2v) is 12.2. The number of primary amides is 1. The summed E-state index contributed by atoms with van der Waals surface area (Å²) >= 11 is 18.7. The Morgan fingerprint density at radius 3 is 2.43 bits per heavy atom. The van der Waals surface area contributed by atoms with Crippen molar-refractivity contribution in [3.63, 3.8) is 0 Å². The number of guanidine groups is 1. The molecule has 1 amide bonds. The number of benzene rings is 2. The Morgan fingerprint density at radius 2 is 1.74 bits per heavy atom. The Balaban J connectivity index is 1.35. The van der Waals surface area contributed by atoms with Gasteiger partial charge in [0.25, 0.3) is 0 Å². The van der Waals surface area contributed by atoms with Crippen LogP contribution in [-0.4, -0.2) is 41.0 Å². The number of aliphatic imine (C=N–C) groups is 1. The Bertz CT molecular complexity index is 1410. The van der Waals surface area contributed by atoms with Gasteiger partial charge in [-0.25, -0.2) is 15.0 Å². The summed E-state index contributed by atoms with van der Waals surface area (Å²) < 4.78 is 0. The fraction of sp³-hybridized carbons (Fsp3) is 0.400. The van der Waals surface area contributed by atoms with E-state index in [-0.39, 0.29) is 23.8 Å². The summed E-state index contributed by atoms with van der Waals surface area (Å²) in [5, 5.41) is 7.60. The molecule has 1 saturated heterocycles. The molecule has 1 aliphatic carbocycles. The Kier molecular flexibility index (Phi) is 9.92. The van der Waals surface area contributed by atoms with Crippen molar-refractivity contribution in [3.8, 4) is 0 Å². The molecule has 2 aromatic carbocycles. The fourth-order valence-electron chi connectivity index (χ4n) is 5.75. The first-order valence-corrected chi connectivity index (χ1v) is 15.4. The molecule has 1 saturated carbocycles. The van der Waals surface area contributed by atoms with E-state index in [0.717, 1.165) is 57.3 Å². The molecular weight excluding hydrogens is 595 g/mol. The number of piperidine rings is 1. The lowest BCUT2D eigenvalue weighted by atomic mass is 9.79. The SMILES string of the molecule is N/C(=N\c1cnc(N[C@@H]2CCCN(c3ccccc3)C2)nc1C[C@H]1CC[C@@H](C(N)=O)CC1)Nc1c(Cl)cc(Cl)cc1Cl. The van der Waals surface area contributed by atoms with Crippen molar-refractivity contribution in [1.29, 1.82) is 0 Å². The first-order valence-electron chi connectivity index (χ1n) is 14.2. The quantitative estimate of drug-likeness (QED) is 0.167. The molecule has 5 rings (SSSR count). The van der Waals surface area contributed by atoms with Gasteiger partial charge in [0.1, 0.15) is 5.69 Å². The van der Waals surface area contributed by atoms with Gasteiger partial charge in [-0.05, 0) is 75.1 Å². The van der Waals surface area contributed by atoms with E-state index in [9.17, 15) is 4.79 Å². The maximum Gasteiger partial charge on any atom is 0.223 e. The molecule has 2 fully saturated rings. The van der Waals surface area contributed by atoms with E-state index < -0.39 is 0 Å². The molecule has 2 aliphatic rings. The predicted octanol–water partition coefficient (Wildman–Crippen LogP) is 6.41. The zero-order valence-corrected chi connectivity index (χ0v) is 25.5. The molecule has 0 bridgehead atoms. The van der Waals surface area contributed by atoms with Gasteiger partial charge in [-0.1, -0.05) is 53.0 Å². The van der Waals surface area contributed by atoms with E-state index in [1.807, 2.05) is 6.07 Å². The van der Waals surface area contributed by atoms with Crippen molar-refractivity contribution < 1.29 is 4.79 Å². The first kappa shape index (κ1) is 30.2. The number of para-hydroxylation sites is 1. The minimum atomic E-state index is -0.220. The van der Waals surface area contributed by atoms with E-state index >= 15 is 0 Å². The lowest BCUT2D eigenvalue weighted by molar-refractivity contribution is -0.122. The Labute approximate surface area is 261 Å². The lowest BCUT2D eigenvalue weighted by Gasteiger charge is -2.34. The average molecular weight is 630 g/mol. The molecule has 6 N–H and O–H groups in total. The predicted molar refractivity (Wildman–Crippen MR) is 172 cm³/mol. The van der Waals surface area contributed by atoms with Gasteiger partial charge in [0.05, 0.1) is 27.6 Å². The van der Waals surface area contributed by atoms with E-state index in [0.29, 0.717) is 44.7 Å². The average Bonchev–Trinajstić information content (AvgIpc) is 2.97. The summed E-state index contributed by atoms with van der Waals surface area (Å²) in [5.41, 5.74) is 14.8. The van der Waals surface area contributed by atoms with Crippen LogP contribution in [0.25, 0.3) is 0 Å². The fourth-order valence-corrected chi connectivity index (χ4v) is 6.66. The van der Waals surface area contributed by atoms with Gasteiger partial charge in [-0.2, -0.15) is 0 Å². The summed E-state index contributed by atoms with van der Waals surface area (Å²) in [6.07, 6.45) is 7.81. The van der Waals surface area contributed by atoms with Crippen LogP contribution in [0.1, 0.15) is 44.2 Å². The van der Waals surface area contributed by atoms with Gasteiger partial charge < -0.3 is 27.0 Å². The van der Waals surface area contributed by atoms with Crippen LogP contribution in [0.3, 0.4) is 0 Å². The minimum Gasteiger partial charge on any atom is -0.369 e. The third-order valence-corrected chi connectivity index (χ3v) is 8.77. The highest BCUT2D eigenvalue weighted by atomic mass is 35.5. The van der Waals surface area contributed by atoms with Crippen molar-refractivity contribution in [2.24, 2.45) is 28.3 Å². The highest BCUT2D eigenvalue weighted by molar-refractivity contribution is 6.42. The van der Waals surface area contributed by atoms with Gasteiger partial charge in [-0.15, -0.1) is 0 Å². The molecule has 0 radical (unpaired) electrons. The molecular formula is C30H35Cl3N8O. The first-order chi connectivity index (χ1) is 20.2. The zero-order valence-electron chi connectivity index (χ0n) is 23.2. The van der Waals surface area contributed by atoms with Gasteiger partial charge >= 0.3 is 0 Å². The standard InChI is InChI=1S/C30H35Cl3N8O/c31-20-14-23(32)27(24(33)15-20)40-29(35)38-26-16-36-30(39-25(26)13-18-8-10-19(11-9-18)28(34)42)37-21-5-4-12-41(17-21)22-6-2-1-3-7-22/h1-3,6-7,14-16,18-19,21H,4-5,8-13,17H2,(H2,34,42)(H3,35,38,40)(H,36,37,39)/t18-,19+,21-/m1/s1. The number of hydrogen-bond acceptors (Lipinski definition) is 6. The highest BCUT2D eigenvalue weighted by Crippen LogP contribution is 2.35. The van der Waals surface area contributed by atoms with E-state index in [2.05, 4.69) is 49.8 Å². The number of anilines is 3. The van der Waals surface area contributed by atoms with Gasteiger partial charge in [0, 0.05) is 35.8 Å². The molecule has 0 spiro atoms. The van der Waals surface area contributed by atoms with Gasteiger partial charge in [-0.3, -0.25) is 4.79 Å². The Hall–Kier alpha value is -3.27. The normalized spacial score (nSPS) is 21.2. The molecule has 1 atom stereocenters. The number of aromatic nitrogens is 2. The van der Waals surface area contributed by atoms with Crippen molar-refractivity contribution in [2.45, 2.75) is 51.0 Å². The van der Waals surface area contributed by atoms with Gasteiger partial charge in [0.15, 0.2) is 5.96 Å². The van der Waals surface area contributed by atoms with Crippen LogP contribution in [0.5, 0.6) is 0 Å². The summed E-state index contributed by atoms with van der Waals surface area (Å²) in [7, 11) is 0. The number of nitrogens with two attached hydrogens (primary N) is 2. The van der Waals surface area contributed by atoms with Crippen molar-refractivity contribution in [1.82, 2.24) is 9.97 Å². The van der Waals surface area contributed by atoms with Crippen LogP contribution in [0.15, 0.2) is 53.7 Å². The second-order valence-electron chi connectivity index (χ2n) is 11.0. The molecule has 12 heteroatoms. The van der Waals surface area contributed by atoms with Crippen LogP contribution in [0.2, 0.25) is 15.1 Å². The van der Waals surface area contributed by atoms with E-state index in [1.54, 1.807) is 18.3 Å². The number of hydrogen-bond donors (Lipinski definition) is 4. The smallest absolute Gasteiger partial charge is 0.223 e. The number of nitrogens with zero attached hydrogens (tertiary/aromatic N) is 4. The monoisotopic (exact) mass is 628 g/mol. The molecule has 1 aliphatic heterocycles. The Morgan fingerprint density at radius 1 is 1.02 bits per heavy atom. The van der Waals surface area contributed by atoms with Crippen LogP contribution in [-0.2, 0) is 11.2 Å².